The van der Waals surface area contributed by atoms with Crippen molar-refractivity contribution in [3.63, 3.8) is 0 Å². The Morgan fingerprint density at radius 1 is 1.25 bits per heavy atom. The Morgan fingerprint density at radius 3 is 2.17 bits per heavy atom. The van der Waals surface area contributed by atoms with E-state index in [0.29, 0.717) is 5.56 Å². The molecule has 3 heteroatoms. The van der Waals surface area contributed by atoms with Crippen LogP contribution in [-0.2, 0) is 0 Å². The average Bonchev–Trinajstić information content (AvgIpc) is 2.21. The van der Waals surface area contributed by atoms with Gasteiger partial charge in [0.05, 0.1) is 0 Å². The van der Waals surface area contributed by atoms with Crippen molar-refractivity contribution < 1.29 is 15.0 Å². The van der Waals surface area contributed by atoms with Gasteiger partial charge in [-0.05, 0) is 0 Å². The largest absolute Gasteiger partial charge is 0.400 e. The van der Waals surface area contributed by atoms with Crippen molar-refractivity contribution in [2.45, 2.75) is 0 Å². The van der Waals surface area contributed by atoms with Crippen LogP contribution in [0.3, 0.4) is 0 Å². The molecular weight excluding hydrogens is 156 g/mol. The van der Waals surface area contributed by atoms with E-state index in [1.54, 1.807) is 24.3 Å². The summed E-state index contributed by atoms with van der Waals surface area (Å²) in [5.74, 6) is -0.236. The van der Waals surface area contributed by atoms with E-state index in [4.69, 9.17) is 10.2 Å². The monoisotopic (exact) mass is 168 g/mol. The molecule has 1 aromatic carbocycles. The molecule has 3 nitrogen and oxygen atoms in total. The molecular formula is C9H12O3. The van der Waals surface area contributed by atoms with E-state index >= 15 is 0 Å². The first-order valence-corrected chi connectivity index (χ1v) is 3.48. The van der Waals surface area contributed by atoms with Gasteiger partial charge in [0, 0.05) is 12.7 Å². The summed E-state index contributed by atoms with van der Waals surface area (Å²) in [6.07, 6.45) is 0. The van der Waals surface area contributed by atoms with E-state index in [-0.39, 0.29) is 5.78 Å². The lowest BCUT2D eigenvalue weighted by molar-refractivity contribution is 0.0904. The molecule has 0 atom stereocenters. The van der Waals surface area contributed by atoms with Crippen molar-refractivity contribution >= 4 is 5.78 Å². The minimum Gasteiger partial charge on any atom is -0.400 e. The van der Waals surface area contributed by atoms with Crippen LogP contribution in [0.1, 0.15) is 10.4 Å². The van der Waals surface area contributed by atoms with Crippen LogP contribution in [0.4, 0.5) is 0 Å². The molecule has 0 unspecified atom stereocenters. The minimum absolute atomic E-state index is 0.236. The normalized spacial score (nSPS) is 8.25. The number of hydrogen-bond donors (Lipinski definition) is 2. The fourth-order valence-corrected chi connectivity index (χ4v) is 0.715. The fourth-order valence-electron chi connectivity index (χ4n) is 0.715. The van der Waals surface area contributed by atoms with Gasteiger partial charge in [0.2, 0.25) is 0 Å². The van der Waals surface area contributed by atoms with Crippen molar-refractivity contribution in [3.05, 3.63) is 35.9 Å². The Morgan fingerprint density at radius 2 is 1.75 bits per heavy atom. The van der Waals surface area contributed by atoms with Crippen molar-refractivity contribution in [3.8, 4) is 0 Å². The van der Waals surface area contributed by atoms with Gasteiger partial charge in [0.1, 0.15) is 6.61 Å². The summed E-state index contributed by atoms with van der Waals surface area (Å²) in [6, 6.07) is 8.72. The van der Waals surface area contributed by atoms with Gasteiger partial charge in [-0.3, -0.25) is 4.79 Å². The molecule has 0 saturated heterocycles. The number of Topliss-reactive ketones (excluding diaryl/α,β-unsaturated/α-hetero) is 1. The molecule has 2 N–H and O–H groups in total. The number of carbonyl (C=O) groups excluding carboxylic acids is 1. The van der Waals surface area contributed by atoms with Crippen LogP contribution in [0.25, 0.3) is 0 Å². The number of aliphatic hydroxyl groups excluding tert-OH is 2. The van der Waals surface area contributed by atoms with Gasteiger partial charge in [-0.25, -0.2) is 0 Å². The van der Waals surface area contributed by atoms with Crippen LogP contribution in [0.2, 0.25) is 0 Å². The van der Waals surface area contributed by atoms with Crippen LogP contribution in [0.5, 0.6) is 0 Å². The van der Waals surface area contributed by atoms with Crippen LogP contribution in [0.15, 0.2) is 30.3 Å². The van der Waals surface area contributed by atoms with E-state index < -0.39 is 6.61 Å². The highest BCUT2D eigenvalue weighted by Crippen LogP contribution is 1.97. The smallest absolute Gasteiger partial charge is 0.188 e. The maximum absolute atomic E-state index is 10.8. The minimum atomic E-state index is -0.413. The van der Waals surface area contributed by atoms with Crippen molar-refractivity contribution in [1.29, 1.82) is 0 Å². The predicted octanol–water partition coefficient (Wildman–Crippen LogP) is 0.470. The average molecular weight is 168 g/mol. The summed E-state index contributed by atoms with van der Waals surface area (Å²) in [5.41, 5.74) is 0.560. The van der Waals surface area contributed by atoms with Gasteiger partial charge in [0.25, 0.3) is 0 Å². The van der Waals surface area contributed by atoms with Gasteiger partial charge in [-0.2, -0.15) is 0 Å². The van der Waals surface area contributed by atoms with Crippen molar-refractivity contribution in [2.24, 2.45) is 0 Å². The highest BCUT2D eigenvalue weighted by Gasteiger charge is 1.99. The quantitative estimate of drug-likeness (QED) is 0.631. The number of hydrogen-bond acceptors (Lipinski definition) is 3. The second-order valence-corrected chi connectivity index (χ2v) is 1.95. The van der Waals surface area contributed by atoms with Gasteiger partial charge < -0.3 is 10.2 Å². The number of aliphatic hydroxyl groups is 2. The van der Waals surface area contributed by atoms with E-state index in [0.717, 1.165) is 7.11 Å². The molecule has 1 rings (SSSR count). The van der Waals surface area contributed by atoms with Gasteiger partial charge in [-0.1, -0.05) is 30.3 Å². The molecule has 0 fully saturated rings. The number of rotatable bonds is 2. The van der Waals surface area contributed by atoms with Crippen LogP contribution in [-0.4, -0.2) is 29.7 Å². The van der Waals surface area contributed by atoms with Crippen LogP contribution in [0, 0.1) is 0 Å². The molecule has 0 radical (unpaired) electrons. The highest BCUT2D eigenvalue weighted by molar-refractivity contribution is 5.96. The first-order valence-electron chi connectivity index (χ1n) is 3.48. The Bertz CT molecular complexity index is 218. The fraction of sp³-hybridized carbons (Fsp3) is 0.222. The zero-order valence-electron chi connectivity index (χ0n) is 6.90. The SMILES string of the molecule is CO.O=C(CO)c1ccccc1. The van der Waals surface area contributed by atoms with E-state index in [1.807, 2.05) is 6.07 Å². The Balaban J connectivity index is 0.000000561. The molecule has 0 spiro atoms. The van der Waals surface area contributed by atoms with Crippen molar-refractivity contribution in [1.82, 2.24) is 0 Å². The first-order chi connectivity index (χ1) is 5.84. The molecule has 0 bridgehead atoms. The Labute approximate surface area is 71.3 Å². The molecule has 1 aromatic rings. The molecule has 12 heavy (non-hydrogen) atoms. The van der Waals surface area contributed by atoms with E-state index in [1.165, 1.54) is 0 Å². The van der Waals surface area contributed by atoms with Crippen LogP contribution < -0.4 is 0 Å². The molecule has 0 aliphatic rings. The van der Waals surface area contributed by atoms with Gasteiger partial charge >= 0.3 is 0 Å². The van der Waals surface area contributed by atoms with Crippen molar-refractivity contribution in [2.75, 3.05) is 13.7 Å². The number of ketones is 1. The van der Waals surface area contributed by atoms with Gasteiger partial charge in [-0.15, -0.1) is 0 Å². The lowest BCUT2D eigenvalue weighted by Gasteiger charge is -1.93. The van der Waals surface area contributed by atoms with E-state index in [9.17, 15) is 4.79 Å². The number of carbonyl (C=O) groups is 1. The summed E-state index contributed by atoms with van der Waals surface area (Å²) >= 11 is 0. The maximum atomic E-state index is 10.8. The Kier molecular flexibility index (Phi) is 5.87. The third kappa shape index (κ3) is 3.27. The summed E-state index contributed by atoms with van der Waals surface area (Å²) in [6.45, 7) is -0.413. The molecule has 0 amide bonds. The van der Waals surface area contributed by atoms with Crippen LogP contribution >= 0.6 is 0 Å². The highest BCUT2D eigenvalue weighted by atomic mass is 16.3. The van der Waals surface area contributed by atoms with Gasteiger partial charge in [0.15, 0.2) is 5.78 Å². The molecule has 0 heterocycles. The first kappa shape index (κ1) is 10.8. The zero-order valence-corrected chi connectivity index (χ0v) is 6.90. The standard InChI is InChI=1S/C8H8O2.CH4O/c9-6-8(10)7-4-2-1-3-5-7;1-2/h1-5,9H,6H2;2H,1H3. The zero-order chi connectivity index (χ0) is 9.40. The second-order valence-electron chi connectivity index (χ2n) is 1.95. The molecule has 0 saturated carbocycles. The molecule has 0 aromatic heterocycles. The number of benzene rings is 1. The topological polar surface area (TPSA) is 57.5 Å². The third-order valence-electron chi connectivity index (χ3n) is 1.24. The summed E-state index contributed by atoms with van der Waals surface area (Å²) in [7, 11) is 1.00. The second kappa shape index (κ2) is 6.52. The van der Waals surface area contributed by atoms with E-state index in [2.05, 4.69) is 0 Å². The summed E-state index contributed by atoms with van der Waals surface area (Å²) in [5, 5.41) is 15.4. The summed E-state index contributed by atoms with van der Waals surface area (Å²) < 4.78 is 0. The summed E-state index contributed by atoms with van der Waals surface area (Å²) in [4.78, 5) is 10.8. The maximum Gasteiger partial charge on any atom is 0.188 e. The molecule has 66 valence electrons. The molecule has 0 aliphatic heterocycles. The molecule has 0 aliphatic carbocycles. The lowest BCUT2D eigenvalue weighted by Crippen LogP contribution is -2.02. The Hall–Kier alpha value is -1.19. The predicted molar refractivity (Wildman–Crippen MR) is 46.0 cm³/mol. The third-order valence-corrected chi connectivity index (χ3v) is 1.24. The lowest BCUT2D eigenvalue weighted by atomic mass is 10.1.